The lowest BCUT2D eigenvalue weighted by molar-refractivity contribution is -0.154. The van der Waals surface area contributed by atoms with E-state index in [-0.39, 0.29) is 11.2 Å². The van der Waals surface area contributed by atoms with Gasteiger partial charge in [-0.25, -0.2) is 28.5 Å². The minimum absolute atomic E-state index is 0.339. The Morgan fingerprint density at radius 2 is 1.53 bits per heavy atom. The number of phosphoric ester groups is 3. The first-order valence-corrected chi connectivity index (χ1v) is 12.4. The second-order valence-corrected chi connectivity index (χ2v) is 9.54. The summed E-state index contributed by atoms with van der Waals surface area (Å²) in [5, 5.41) is 9.33. The zero-order valence-electron chi connectivity index (χ0n) is 15.0. The quantitative estimate of drug-likeness (QED) is 0.189. The first kappa shape index (κ1) is 24.8. The zero-order chi connectivity index (χ0) is 24.1. The Labute approximate surface area is 175 Å². The van der Waals surface area contributed by atoms with Gasteiger partial charge in [-0.3, -0.25) is 23.4 Å². The Balaban J connectivity index is 2.12. The molecule has 19 nitrogen and oxygen atoms in total. The summed E-state index contributed by atoms with van der Waals surface area (Å²) in [7, 11) is -15.9. The van der Waals surface area contributed by atoms with E-state index in [1.165, 1.54) is 0 Å². The lowest BCUT2D eigenvalue weighted by atomic mass is 10.1. The predicted molar refractivity (Wildman–Crippen MR) is 93.4 cm³/mol. The van der Waals surface area contributed by atoms with Crippen LogP contribution in [0.5, 0.6) is 5.88 Å². The number of imidazole rings is 1. The van der Waals surface area contributed by atoms with E-state index in [1.54, 1.807) is 0 Å². The maximum absolute atomic E-state index is 11.5. The molecule has 32 heavy (non-hydrogen) atoms. The maximum Gasteiger partial charge on any atom is 0.526 e. The van der Waals surface area contributed by atoms with Gasteiger partial charge >= 0.3 is 29.4 Å². The van der Waals surface area contributed by atoms with E-state index in [0.29, 0.717) is 0 Å². The summed E-state index contributed by atoms with van der Waals surface area (Å²) in [6.07, 6.45) is -6.81. The van der Waals surface area contributed by atoms with Gasteiger partial charge in [0.1, 0.15) is 18.5 Å². The SMILES string of the molecule is O=C(O)[C@H]1O[C@@H](n2cnc3c(OP(=O)(O)O)ncnc32)[C@H](OP(=O)(O)O)[C@@H]1OP(=O)(O)O. The average molecular weight is 522 g/mol. The molecule has 0 unspecified atom stereocenters. The number of nitrogens with zero attached hydrogens (tertiary/aromatic N) is 4. The largest absolute Gasteiger partial charge is 0.526 e. The van der Waals surface area contributed by atoms with Crippen LogP contribution in [-0.2, 0) is 32.3 Å². The fraction of sp³-hybridized carbons (Fsp3) is 0.400. The van der Waals surface area contributed by atoms with E-state index in [2.05, 4.69) is 28.5 Å². The summed E-state index contributed by atoms with van der Waals surface area (Å²) >= 11 is 0. The van der Waals surface area contributed by atoms with Crippen LogP contribution in [0.3, 0.4) is 0 Å². The summed E-state index contributed by atoms with van der Waals surface area (Å²) in [5.74, 6) is -2.53. The van der Waals surface area contributed by atoms with Crippen molar-refractivity contribution in [3.63, 3.8) is 0 Å². The summed E-state index contributed by atoms with van der Waals surface area (Å²) in [4.78, 5) is 77.0. The summed E-state index contributed by atoms with van der Waals surface area (Å²) < 4.78 is 53.0. The Hall–Kier alpha value is -1.85. The van der Waals surface area contributed by atoms with Gasteiger partial charge in [-0.2, -0.15) is 4.98 Å². The topological polar surface area (TPSA) is 290 Å². The highest BCUT2D eigenvalue weighted by molar-refractivity contribution is 7.47. The molecule has 0 aromatic carbocycles. The molecular formula is C10H13N4O15P3. The van der Waals surface area contributed by atoms with Crippen molar-refractivity contribution >= 4 is 40.6 Å². The van der Waals surface area contributed by atoms with E-state index in [9.17, 15) is 33.4 Å². The standard InChI is InChI=1S/C10H13N4O15P3/c15-10(16)6-4(27-30(17,18)19)5(28-31(20,21)22)9(26-6)14-2-13-3-7(14)11-1-12-8(3)29-32(23,24)25/h1-2,4-6,9H,(H,15,16)(H2,17,18,19)(H2,20,21,22)(H2,23,24,25)/t4-,5+,6-,9+/m0/s1. The average Bonchev–Trinajstić information content (AvgIpc) is 3.14. The third-order valence-corrected chi connectivity index (χ3v) is 5.20. The Morgan fingerprint density at radius 3 is 2.06 bits per heavy atom. The zero-order valence-corrected chi connectivity index (χ0v) is 17.7. The molecule has 1 saturated heterocycles. The second kappa shape index (κ2) is 8.49. The van der Waals surface area contributed by atoms with Crippen molar-refractivity contribution in [3.05, 3.63) is 12.7 Å². The van der Waals surface area contributed by atoms with Crippen molar-refractivity contribution in [1.82, 2.24) is 19.5 Å². The predicted octanol–water partition coefficient (Wildman–Crippen LogP) is -1.76. The molecule has 7 N–H and O–H groups in total. The highest BCUT2D eigenvalue weighted by Gasteiger charge is 2.55. The van der Waals surface area contributed by atoms with E-state index in [4.69, 9.17) is 24.3 Å². The van der Waals surface area contributed by atoms with Gasteiger partial charge in [0, 0.05) is 0 Å². The van der Waals surface area contributed by atoms with Crippen LogP contribution in [0, 0.1) is 0 Å². The summed E-state index contributed by atoms with van der Waals surface area (Å²) in [6, 6.07) is 0. The van der Waals surface area contributed by atoms with Crippen LogP contribution in [0.1, 0.15) is 6.23 Å². The van der Waals surface area contributed by atoms with Crippen LogP contribution in [0.15, 0.2) is 12.7 Å². The van der Waals surface area contributed by atoms with Crippen molar-refractivity contribution < 1.29 is 71.3 Å². The van der Waals surface area contributed by atoms with Crippen LogP contribution >= 0.6 is 23.5 Å². The number of phosphoric acid groups is 3. The van der Waals surface area contributed by atoms with Crippen molar-refractivity contribution in [2.75, 3.05) is 0 Å². The molecule has 4 atom stereocenters. The summed E-state index contributed by atoms with van der Waals surface area (Å²) in [6.45, 7) is 0. The molecule has 3 heterocycles. The first-order chi connectivity index (χ1) is 14.6. The number of aliphatic carboxylic acids is 1. The molecule has 0 amide bonds. The number of fused-ring (bicyclic) bond motifs is 1. The van der Waals surface area contributed by atoms with E-state index < -0.39 is 59.9 Å². The fourth-order valence-electron chi connectivity index (χ4n) is 2.80. The minimum Gasteiger partial charge on any atom is -0.479 e. The third-order valence-electron chi connectivity index (χ3n) is 3.76. The number of ether oxygens (including phenoxy) is 1. The number of rotatable bonds is 8. The van der Waals surface area contributed by atoms with Crippen LogP contribution < -0.4 is 4.52 Å². The second-order valence-electron chi connectivity index (χ2n) is 5.99. The van der Waals surface area contributed by atoms with Crippen molar-refractivity contribution in [2.24, 2.45) is 0 Å². The molecule has 0 saturated carbocycles. The lowest BCUT2D eigenvalue weighted by Crippen LogP contribution is -2.39. The molecule has 1 fully saturated rings. The first-order valence-electron chi connectivity index (χ1n) is 7.84. The van der Waals surface area contributed by atoms with Crippen LogP contribution in [0.4, 0.5) is 0 Å². The van der Waals surface area contributed by atoms with Gasteiger partial charge in [-0.1, -0.05) is 0 Å². The van der Waals surface area contributed by atoms with E-state index in [0.717, 1.165) is 17.2 Å². The Bertz CT molecular complexity index is 1170. The van der Waals surface area contributed by atoms with Crippen LogP contribution in [0.2, 0.25) is 0 Å². The van der Waals surface area contributed by atoms with Gasteiger partial charge in [-0.15, -0.1) is 0 Å². The number of hydrogen-bond acceptors (Lipinski definition) is 11. The molecule has 1 aliphatic heterocycles. The van der Waals surface area contributed by atoms with Gasteiger partial charge < -0.3 is 33.9 Å². The Kier molecular flexibility index (Phi) is 6.58. The van der Waals surface area contributed by atoms with Crippen LogP contribution in [0.25, 0.3) is 11.2 Å². The molecule has 0 bridgehead atoms. The normalized spacial score (nSPS) is 24.7. The van der Waals surface area contributed by atoms with E-state index in [1.807, 2.05) is 0 Å². The molecule has 1 aliphatic rings. The molecule has 22 heteroatoms. The number of carboxylic acid groups (broad SMARTS) is 1. The molecule has 2 aromatic rings. The van der Waals surface area contributed by atoms with Gasteiger partial charge in [0.05, 0.1) is 6.33 Å². The molecule has 0 spiro atoms. The van der Waals surface area contributed by atoms with Gasteiger partial charge in [-0.05, 0) is 0 Å². The number of carbonyl (C=O) groups is 1. The van der Waals surface area contributed by atoms with Gasteiger partial charge in [0.15, 0.2) is 23.5 Å². The molecular weight excluding hydrogens is 509 g/mol. The highest BCUT2D eigenvalue weighted by Crippen LogP contribution is 2.50. The number of hydrogen-bond donors (Lipinski definition) is 7. The fourth-order valence-corrected chi connectivity index (χ4v) is 4.25. The molecule has 178 valence electrons. The van der Waals surface area contributed by atoms with Crippen molar-refractivity contribution in [2.45, 2.75) is 24.5 Å². The lowest BCUT2D eigenvalue weighted by Gasteiger charge is -2.24. The van der Waals surface area contributed by atoms with Crippen LogP contribution in [-0.4, -0.2) is 78.3 Å². The molecule has 3 rings (SSSR count). The van der Waals surface area contributed by atoms with Gasteiger partial charge in [0.2, 0.25) is 0 Å². The van der Waals surface area contributed by atoms with Gasteiger partial charge in [0.25, 0.3) is 5.88 Å². The number of carboxylic acids is 1. The summed E-state index contributed by atoms with van der Waals surface area (Å²) in [5.41, 5.74) is -0.727. The van der Waals surface area contributed by atoms with E-state index >= 15 is 0 Å². The highest BCUT2D eigenvalue weighted by atomic mass is 31.2. The minimum atomic E-state index is -5.41. The smallest absolute Gasteiger partial charge is 0.479 e. The number of aromatic nitrogens is 4. The Morgan fingerprint density at radius 1 is 0.938 bits per heavy atom. The molecule has 0 aliphatic carbocycles. The maximum atomic E-state index is 11.5. The van der Waals surface area contributed by atoms with Crippen molar-refractivity contribution in [1.29, 1.82) is 0 Å². The molecule has 2 aromatic heterocycles. The molecule has 0 radical (unpaired) electrons. The van der Waals surface area contributed by atoms with Crippen molar-refractivity contribution in [3.8, 4) is 5.88 Å². The third kappa shape index (κ3) is 5.74. The monoisotopic (exact) mass is 522 g/mol.